The molecule has 3 aromatic rings. The van der Waals surface area contributed by atoms with Crippen molar-refractivity contribution in [3.05, 3.63) is 64.6 Å². The van der Waals surface area contributed by atoms with E-state index in [1.807, 2.05) is 24.3 Å². The molecule has 8 heteroatoms. The van der Waals surface area contributed by atoms with Gasteiger partial charge in [0.05, 0.1) is 16.9 Å². The van der Waals surface area contributed by atoms with Gasteiger partial charge in [-0.3, -0.25) is 4.79 Å². The molecule has 1 amide bonds. The molecule has 0 aliphatic rings. The second kappa shape index (κ2) is 11.9. The van der Waals surface area contributed by atoms with Crippen molar-refractivity contribution in [3.63, 3.8) is 0 Å². The number of amides is 1. The first-order valence-corrected chi connectivity index (χ1v) is 11.4. The van der Waals surface area contributed by atoms with E-state index in [9.17, 15) is 4.79 Å². The third kappa shape index (κ3) is 6.73. The van der Waals surface area contributed by atoms with E-state index >= 15 is 0 Å². The Morgan fingerprint density at radius 2 is 1.94 bits per heavy atom. The molecule has 0 saturated heterocycles. The van der Waals surface area contributed by atoms with Gasteiger partial charge in [0.1, 0.15) is 12.4 Å². The number of nitrogens with zero attached hydrogens (tertiary/aromatic N) is 2. The van der Waals surface area contributed by atoms with Crippen LogP contribution in [-0.4, -0.2) is 42.0 Å². The van der Waals surface area contributed by atoms with Crippen LogP contribution in [0.4, 0.5) is 5.69 Å². The summed E-state index contributed by atoms with van der Waals surface area (Å²) in [5.41, 5.74) is 1.35. The Morgan fingerprint density at radius 1 is 1.16 bits per heavy atom. The van der Waals surface area contributed by atoms with Gasteiger partial charge in [0.25, 0.3) is 0 Å². The highest BCUT2D eigenvalue weighted by atomic mass is 35.5. The van der Waals surface area contributed by atoms with Crippen LogP contribution in [0.3, 0.4) is 0 Å². The summed E-state index contributed by atoms with van der Waals surface area (Å²) >= 11 is 12.2. The minimum Gasteiger partial charge on any atom is -0.490 e. The first-order chi connectivity index (χ1) is 15.5. The molecular weight excluding hydrogens is 449 g/mol. The molecule has 170 valence electrons. The molecule has 6 nitrogen and oxygen atoms in total. The summed E-state index contributed by atoms with van der Waals surface area (Å²) < 4.78 is 11.7. The summed E-state index contributed by atoms with van der Waals surface area (Å²) in [6.45, 7) is 7.59. The molecule has 3 rings (SSSR count). The molecule has 0 bridgehead atoms. The number of anilines is 1. The van der Waals surface area contributed by atoms with Gasteiger partial charge in [-0.2, -0.15) is 0 Å². The Balaban J connectivity index is 1.54. The lowest BCUT2D eigenvalue weighted by Gasteiger charge is -2.19. The predicted octanol–water partition coefficient (Wildman–Crippen LogP) is 5.94. The Hall–Kier alpha value is -2.54. The average Bonchev–Trinajstić information content (AvgIpc) is 3.25. The lowest BCUT2D eigenvalue weighted by atomic mass is 10.2. The molecular formula is C24H27Cl2N3O3. The van der Waals surface area contributed by atoms with Crippen LogP contribution in [0.5, 0.6) is 5.75 Å². The summed E-state index contributed by atoms with van der Waals surface area (Å²) in [6.07, 6.45) is 2.19. The predicted molar refractivity (Wildman–Crippen MR) is 129 cm³/mol. The van der Waals surface area contributed by atoms with E-state index in [-0.39, 0.29) is 12.3 Å². The van der Waals surface area contributed by atoms with Gasteiger partial charge in [-0.1, -0.05) is 49.2 Å². The fourth-order valence-corrected chi connectivity index (χ4v) is 3.69. The molecule has 1 heterocycles. The maximum Gasteiger partial charge on any atom is 0.224 e. The van der Waals surface area contributed by atoms with Crippen LogP contribution in [0, 0.1) is 0 Å². The largest absolute Gasteiger partial charge is 0.490 e. The van der Waals surface area contributed by atoms with E-state index in [0.717, 1.165) is 19.6 Å². The molecule has 0 fully saturated rings. The summed E-state index contributed by atoms with van der Waals surface area (Å²) in [6, 6.07) is 12.6. The second-order valence-corrected chi connectivity index (χ2v) is 8.01. The number of carbonyl (C=O) groups excluding carboxylic acids is 1. The van der Waals surface area contributed by atoms with Crippen molar-refractivity contribution in [2.24, 2.45) is 0 Å². The minimum absolute atomic E-state index is 0.144. The number of oxazole rings is 1. The summed E-state index contributed by atoms with van der Waals surface area (Å²) in [5, 5.41) is 3.95. The Kier molecular flexibility index (Phi) is 8.97. The van der Waals surface area contributed by atoms with Crippen molar-refractivity contribution in [1.82, 2.24) is 9.88 Å². The average molecular weight is 476 g/mol. The highest BCUT2D eigenvalue weighted by molar-refractivity contribution is 6.36. The van der Waals surface area contributed by atoms with Gasteiger partial charge >= 0.3 is 0 Å². The van der Waals surface area contributed by atoms with Gasteiger partial charge in [-0.15, -0.1) is 0 Å². The molecule has 0 unspecified atom stereocenters. The number of carbonyl (C=O) groups is 1. The zero-order chi connectivity index (χ0) is 22.9. The van der Waals surface area contributed by atoms with Crippen molar-refractivity contribution in [1.29, 1.82) is 0 Å². The number of ether oxygens (including phenoxy) is 1. The Morgan fingerprint density at radius 3 is 2.69 bits per heavy atom. The monoisotopic (exact) mass is 475 g/mol. The van der Waals surface area contributed by atoms with Crippen LogP contribution in [0.1, 0.15) is 26.2 Å². The third-order valence-corrected chi connectivity index (χ3v) is 5.58. The Labute approximate surface area is 198 Å². The summed E-state index contributed by atoms with van der Waals surface area (Å²) in [7, 11) is 0. The van der Waals surface area contributed by atoms with E-state index in [1.54, 1.807) is 24.4 Å². The quantitative estimate of drug-likeness (QED) is 0.371. The number of aromatic nitrogens is 1. The van der Waals surface area contributed by atoms with E-state index in [2.05, 4.69) is 29.0 Å². The molecule has 0 radical (unpaired) electrons. The molecule has 1 aromatic heterocycles. The van der Waals surface area contributed by atoms with E-state index < -0.39 is 0 Å². The topological polar surface area (TPSA) is 67.6 Å². The highest BCUT2D eigenvalue weighted by Crippen LogP contribution is 2.31. The van der Waals surface area contributed by atoms with Crippen molar-refractivity contribution in [2.75, 3.05) is 31.6 Å². The molecule has 2 aromatic carbocycles. The SMILES string of the molecule is CCN(CC)CCOc1ccccc1NC(=O)CCc1ncc(-c2ccc(Cl)cc2Cl)o1. The number of hydrogen-bond acceptors (Lipinski definition) is 5. The lowest BCUT2D eigenvalue weighted by molar-refractivity contribution is -0.116. The fraction of sp³-hybridized carbons (Fsp3) is 0.333. The molecule has 32 heavy (non-hydrogen) atoms. The molecule has 0 spiro atoms. The van der Waals surface area contributed by atoms with Crippen molar-refractivity contribution < 1.29 is 13.9 Å². The molecule has 1 N–H and O–H groups in total. The number of nitrogens with one attached hydrogen (secondary N) is 1. The van der Waals surface area contributed by atoms with Crippen LogP contribution in [0.2, 0.25) is 10.0 Å². The second-order valence-electron chi connectivity index (χ2n) is 7.16. The Bertz CT molecular complexity index is 1030. The zero-order valence-corrected chi connectivity index (χ0v) is 19.7. The third-order valence-electron chi connectivity index (χ3n) is 5.04. The maximum atomic E-state index is 12.5. The van der Waals surface area contributed by atoms with Crippen LogP contribution in [0.15, 0.2) is 53.1 Å². The van der Waals surface area contributed by atoms with Crippen LogP contribution >= 0.6 is 23.2 Å². The number of rotatable bonds is 11. The number of hydrogen-bond donors (Lipinski definition) is 1. The normalized spacial score (nSPS) is 11.0. The van der Waals surface area contributed by atoms with Gasteiger partial charge in [-0.25, -0.2) is 4.98 Å². The van der Waals surface area contributed by atoms with Crippen molar-refractivity contribution in [2.45, 2.75) is 26.7 Å². The molecule has 0 aliphatic carbocycles. The number of para-hydroxylation sites is 2. The molecule has 0 aliphatic heterocycles. The van der Waals surface area contributed by atoms with Crippen LogP contribution < -0.4 is 10.1 Å². The van der Waals surface area contributed by atoms with Crippen LogP contribution in [0.25, 0.3) is 11.3 Å². The molecule has 0 atom stereocenters. The van der Waals surface area contributed by atoms with E-state index in [0.29, 0.717) is 51.7 Å². The van der Waals surface area contributed by atoms with Gasteiger partial charge in [0.2, 0.25) is 5.91 Å². The maximum absolute atomic E-state index is 12.5. The summed E-state index contributed by atoms with van der Waals surface area (Å²) in [5.74, 6) is 1.51. The highest BCUT2D eigenvalue weighted by Gasteiger charge is 2.13. The number of likely N-dealkylation sites (N-methyl/N-ethyl adjacent to an activating group) is 1. The molecule has 0 saturated carbocycles. The van der Waals surface area contributed by atoms with Crippen LogP contribution in [-0.2, 0) is 11.2 Å². The standard InChI is InChI=1S/C24H27Cl2N3O3/c1-3-29(4-2)13-14-31-21-8-6-5-7-20(21)28-23(30)11-12-24-27-16-22(32-24)18-10-9-17(25)15-19(18)26/h5-10,15-16H,3-4,11-14H2,1-2H3,(H,28,30). The minimum atomic E-state index is -0.144. The van der Waals surface area contributed by atoms with E-state index in [1.165, 1.54) is 0 Å². The van der Waals surface area contributed by atoms with Crippen molar-refractivity contribution >= 4 is 34.8 Å². The van der Waals surface area contributed by atoms with Gasteiger partial charge in [0.15, 0.2) is 11.7 Å². The van der Waals surface area contributed by atoms with Gasteiger partial charge < -0.3 is 19.4 Å². The lowest BCUT2D eigenvalue weighted by Crippen LogP contribution is -2.28. The fourth-order valence-electron chi connectivity index (χ4n) is 3.19. The van der Waals surface area contributed by atoms with E-state index in [4.69, 9.17) is 32.4 Å². The van der Waals surface area contributed by atoms with Gasteiger partial charge in [-0.05, 0) is 43.4 Å². The number of aryl methyl sites for hydroxylation is 1. The first-order valence-electron chi connectivity index (χ1n) is 10.6. The summed E-state index contributed by atoms with van der Waals surface area (Å²) in [4.78, 5) is 19.0. The number of halogens is 2. The van der Waals surface area contributed by atoms with Gasteiger partial charge in [0, 0.05) is 30.0 Å². The zero-order valence-electron chi connectivity index (χ0n) is 18.2. The first kappa shape index (κ1) is 24.1. The number of benzene rings is 2. The van der Waals surface area contributed by atoms with Crippen molar-refractivity contribution in [3.8, 4) is 17.1 Å². The smallest absolute Gasteiger partial charge is 0.224 e.